The van der Waals surface area contributed by atoms with E-state index in [1.54, 1.807) is 22.5 Å². The third kappa shape index (κ3) is 5.09. The summed E-state index contributed by atoms with van der Waals surface area (Å²) < 4.78 is 36.7. The van der Waals surface area contributed by atoms with Gasteiger partial charge in [0.25, 0.3) is 0 Å². The van der Waals surface area contributed by atoms with E-state index in [9.17, 15) is 8.42 Å². The van der Waals surface area contributed by atoms with E-state index in [0.29, 0.717) is 24.0 Å². The fourth-order valence-corrected chi connectivity index (χ4v) is 6.42. The van der Waals surface area contributed by atoms with E-state index in [0.717, 1.165) is 48.2 Å². The second-order valence-electron chi connectivity index (χ2n) is 8.66. The summed E-state index contributed by atoms with van der Waals surface area (Å²) in [4.78, 5) is 0.292. The fourth-order valence-electron chi connectivity index (χ4n) is 4.60. The molecular weight excluding hydrogens is 438 g/mol. The van der Waals surface area contributed by atoms with Crippen molar-refractivity contribution < 1.29 is 13.2 Å². The van der Waals surface area contributed by atoms with Crippen LogP contribution in [0.2, 0.25) is 0 Å². The Labute approximate surface area is 195 Å². The molecule has 1 aliphatic rings. The third-order valence-corrected chi connectivity index (χ3v) is 8.25. The van der Waals surface area contributed by atoms with Crippen molar-refractivity contribution >= 4 is 10.0 Å². The summed E-state index contributed by atoms with van der Waals surface area (Å²) >= 11 is 0. The van der Waals surface area contributed by atoms with Crippen molar-refractivity contribution in [3.63, 3.8) is 0 Å². The molecule has 1 fully saturated rings. The second kappa shape index (κ2) is 10.0. The lowest BCUT2D eigenvalue weighted by atomic mass is 9.86. The third-order valence-electron chi connectivity index (χ3n) is 6.38. The molecule has 33 heavy (non-hydrogen) atoms. The van der Waals surface area contributed by atoms with Crippen LogP contribution in [0, 0.1) is 12.8 Å². The van der Waals surface area contributed by atoms with Crippen LogP contribution >= 0.6 is 0 Å². The maximum atomic E-state index is 14.0. The number of ether oxygens (including phenoxy) is 1. The van der Waals surface area contributed by atoms with E-state index in [-0.39, 0.29) is 6.04 Å². The predicted molar refractivity (Wildman–Crippen MR) is 126 cm³/mol. The number of aryl methyl sites for hydroxylation is 1. The summed E-state index contributed by atoms with van der Waals surface area (Å²) in [6.07, 6.45) is 5.60. The van der Waals surface area contributed by atoms with E-state index in [4.69, 9.17) is 4.74 Å². The molecule has 3 aromatic rings. The van der Waals surface area contributed by atoms with Gasteiger partial charge in [-0.25, -0.2) is 13.1 Å². The van der Waals surface area contributed by atoms with E-state index in [1.165, 1.54) is 11.0 Å². The molecule has 0 aliphatic heterocycles. The largest absolute Gasteiger partial charge is 0.494 e. The second-order valence-corrected chi connectivity index (χ2v) is 10.5. The standard InChI is InChI=1S/C24H31N5O3S/c1-4-32-21-11-9-20(10-12-21)16-29(24-8-6-5-7-18(24)2)33(30,31)22-13-14-23(19(3)15-22)28-17-25-26-27-28/h9-15,17-18,24H,4-8,16H2,1-3H3/t18-,24+/m0/s1. The molecule has 8 nitrogen and oxygen atoms in total. The van der Waals surface area contributed by atoms with Gasteiger partial charge in [0.1, 0.15) is 12.1 Å². The summed E-state index contributed by atoms with van der Waals surface area (Å²) in [7, 11) is -3.72. The zero-order valence-corrected chi connectivity index (χ0v) is 20.2. The van der Waals surface area contributed by atoms with Crippen molar-refractivity contribution in [3.8, 4) is 11.4 Å². The minimum absolute atomic E-state index is 0.0326. The Morgan fingerprint density at radius 1 is 1.12 bits per heavy atom. The summed E-state index contributed by atoms with van der Waals surface area (Å²) in [6, 6.07) is 12.8. The van der Waals surface area contributed by atoms with E-state index in [2.05, 4.69) is 22.4 Å². The van der Waals surface area contributed by atoms with Gasteiger partial charge in [-0.15, -0.1) is 5.10 Å². The smallest absolute Gasteiger partial charge is 0.243 e. The Balaban J connectivity index is 1.68. The molecule has 0 bridgehead atoms. The van der Waals surface area contributed by atoms with Crippen LogP contribution in [0.25, 0.3) is 5.69 Å². The molecule has 0 saturated heterocycles. The number of sulfonamides is 1. The van der Waals surface area contributed by atoms with Crippen molar-refractivity contribution in [2.75, 3.05) is 6.61 Å². The molecule has 0 radical (unpaired) electrons. The van der Waals surface area contributed by atoms with Crippen molar-refractivity contribution in [1.82, 2.24) is 24.5 Å². The molecule has 9 heteroatoms. The number of benzene rings is 2. The number of aromatic nitrogens is 4. The van der Waals surface area contributed by atoms with Crippen LogP contribution in [0.3, 0.4) is 0 Å². The van der Waals surface area contributed by atoms with Gasteiger partial charge in [-0.2, -0.15) is 4.31 Å². The summed E-state index contributed by atoms with van der Waals surface area (Å²) in [5.41, 5.74) is 2.49. The Morgan fingerprint density at radius 3 is 2.52 bits per heavy atom. The monoisotopic (exact) mass is 469 g/mol. The van der Waals surface area contributed by atoms with Crippen LogP contribution in [0.1, 0.15) is 50.7 Å². The quantitative estimate of drug-likeness (QED) is 0.493. The Kier molecular flexibility index (Phi) is 7.09. The number of rotatable bonds is 8. The first-order valence-electron chi connectivity index (χ1n) is 11.5. The molecule has 1 heterocycles. The molecule has 4 rings (SSSR count). The highest BCUT2D eigenvalue weighted by Crippen LogP contribution is 2.34. The summed E-state index contributed by atoms with van der Waals surface area (Å²) in [5.74, 6) is 1.09. The number of hydrogen-bond acceptors (Lipinski definition) is 6. The molecule has 2 aromatic carbocycles. The van der Waals surface area contributed by atoms with Gasteiger partial charge in [0.15, 0.2) is 0 Å². The highest BCUT2D eigenvalue weighted by Gasteiger charge is 2.36. The van der Waals surface area contributed by atoms with Gasteiger partial charge in [0, 0.05) is 12.6 Å². The van der Waals surface area contributed by atoms with E-state index < -0.39 is 10.0 Å². The van der Waals surface area contributed by atoms with Crippen LogP contribution in [-0.2, 0) is 16.6 Å². The maximum absolute atomic E-state index is 14.0. The molecule has 0 N–H and O–H groups in total. The molecular formula is C24H31N5O3S. The molecule has 2 atom stereocenters. The molecule has 0 unspecified atom stereocenters. The summed E-state index contributed by atoms with van der Waals surface area (Å²) in [6.45, 7) is 6.91. The normalized spacial score (nSPS) is 19.0. The van der Waals surface area contributed by atoms with Gasteiger partial charge in [-0.1, -0.05) is 31.9 Å². The first-order chi connectivity index (χ1) is 15.9. The SMILES string of the molecule is CCOc1ccc(CN([C@@H]2CCCC[C@@H]2C)S(=O)(=O)c2ccc(-n3cnnn3)c(C)c2)cc1. The molecule has 176 valence electrons. The zero-order chi connectivity index (χ0) is 23.4. The Morgan fingerprint density at radius 2 is 1.88 bits per heavy atom. The minimum atomic E-state index is -3.72. The van der Waals surface area contributed by atoms with Gasteiger partial charge >= 0.3 is 0 Å². The lowest BCUT2D eigenvalue weighted by Gasteiger charge is -2.38. The van der Waals surface area contributed by atoms with Crippen LogP contribution < -0.4 is 4.74 Å². The Hall–Kier alpha value is -2.78. The highest BCUT2D eigenvalue weighted by molar-refractivity contribution is 7.89. The Bertz CT molecular complexity index is 1160. The average Bonchev–Trinajstić information content (AvgIpc) is 3.34. The topological polar surface area (TPSA) is 90.2 Å². The van der Waals surface area contributed by atoms with Crippen molar-refractivity contribution in [3.05, 3.63) is 59.9 Å². The minimum Gasteiger partial charge on any atom is -0.494 e. The molecule has 0 amide bonds. The molecule has 1 aromatic heterocycles. The van der Waals surface area contributed by atoms with Gasteiger partial charge in [0.05, 0.1) is 17.2 Å². The molecule has 0 spiro atoms. The first kappa shape index (κ1) is 23.4. The fraction of sp³-hybridized carbons (Fsp3) is 0.458. The number of nitrogens with zero attached hydrogens (tertiary/aromatic N) is 5. The van der Waals surface area contributed by atoms with Crippen molar-refractivity contribution in [1.29, 1.82) is 0 Å². The average molecular weight is 470 g/mol. The lowest BCUT2D eigenvalue weighted by molar-refractivity contribution is 0.185. The van der Waals surface area contributed by atoms with Crippen LogP contribution in [0.5, 0.6) is 5.75 Å². The molecule has 1 saturated carbocycles. The van der Waals surface area contributed by atoms with Crippen LogP contribution in [0.4, 0.5) is 0 Å². The summed E-state index contributed by atoms with van der Waals surface area (Å²) in [5, 5.41) is 11.3. The van der Waals surface area contributed by atoms with Crippen molar-refractivity contribution in [2.45, 2.75) is 63.9 Å². The van der Waals surface area contributed by atoms with E-state index in [1.807, 2.05) is 38.1 Å². The number of tetrazole rings is 1. The first-order valence-corrected chi connectivity index (χ1v) is 12.9. The molecule has 1 aliphatic carbocycles. The van der Waals surface area contributed by atoms with Gasteiger partial charge < -0.3 is 4.74 Å². The van der Waals surface area contributed by atoms with Crippen molar-refractivity contribution in [2.24, 2.45) is 5.92 Å². The number of hydrogen-bond donors (Lipinski definition) is 0. The van der Waals surface area contributed by atoms with Gasteiger partial charge in [-0.05, 0) is 84.5 Å². The maximum Gasteiger partial charge on any atom is 0.243 e. The van der Waals surface area contributed by atoms with Gasteiger partial charge in [0.2, 0.25) is 10.0 Å². The van der Waals surface area contributed by atoms with Gasteiger partial charge in [-0.3, -0.25) is 0 Å². The highest BCUT2D eigenvalue weighted by atomic mass is 32.2. The van der Waals surface area contributed by atoms with E-state index >= 15 is 0 Å². The predicted octanol–water partition coefficient (Wildman–Crippen LogP) is 4.14. The zero-order valence-electron chi connectivity index (χ0n) is 19.4. The lowest BCUT2D eigenvalue weighted by Crippen LogP contribution is -2.44. The van der Waals surface area contributed by atoms with Crippen LogP contribution in [-0.4, -0.2) is 45.6 Å². The van der Waals surface area contributed by atoms with Crippen LogP contribution in [0.15, 0.2) is 53.7 Å².